The van der Waals surface area contributed by atoms with Gasteiger partial charge in [0, 0.05) is 18.8 Å². The van der Waals surface area contributed by atoms with Crippen LogP contribution in [0.2, 0.25) is 0 Å². The molecule has 0 aliphatic rings. The minimum absolute atomic E-state index is 0.336. The maximum atomic E-state index is 11.1. The van der Waals surface area contributed by atoms with Crippen LogP contribution >= 0.6 is 0 Å². The Labute approximate surface area is 180 Å². The molecule has 0 aliphatic carbocycles. The Balaban J connectivity index is 2.07. The van der Waals surface area contributed by atoms with E-state index < -0.39 is 11.1 Å². The zero-order valence-electron chi connectivity index (χ0n) is 18.1. The molecule has 2 aromatic rings. The minimum Gasteiger partial charge on any atom is -0.354 e. The number of hydrogen-bond donors (Lipinski definition) is 4. The average molecular weight is 437 g/mol. The Morgan fingerprint density at radius 2 is 1.30 bits per heavy atom. The summed E-state index contributed by atoms with van der Waals surface area (Å²) in [4.78, 5) is 17.9. The highest BCUT2D eigenvalue weighted by molar-refractivity contribution is 7.79. The topological polar surface area (TPSA) is 119 Å². The molecule has 0 aliphatic heterocycles. The van der Waals surface area contributed by atoms with Gasteiger partial charge in [-0.05, 0) is 78.4 Å². The Kier molecular flexibility index (Phi) is 9.87. The third-order valence-corrected chi connectivity index (χ3v) is 4.75. The minimum atomic E-state index is -2.00. The molecular weight excluding hydrogens is 404 g/mol. The van der Waals surface area contributed by atoms with Gasteiger partial charge in [-0.1, -0.05) is 0 Å². The number of nitrogens with zero attached hydrogens (tertiary/aromatic N) is 5. The van der Waals surface area contributed by atoms with E-state index in [-0.39, 0.29) is 0 Å². The number of hydrogen-bond acceptors (Lipinski definition) is 9. The summed E-state index contributed by atoms with van der Waals surface area (Å²) >= 11 is -2.00. The molecule has 0 fully saturated rings. The van der Waals surface area contributed by atoms with Crippen molar-refractivity contribution in [3.8, 4) is 0 Å². The summed E-state index contributed by atoms with van der Waals surface area (Å²) in [6.45, 7) is 3.44. The fraction of sp³-hybridized carbons (Fsp3) is 0.526. The lowest BCUT2D eigenvalue weighted by atomic mass is 10.3. The molecule has 1 atom stereocenters. The van der Waals surface area contributed by atoms with Gasteiger partial charge in [0.05, 0.1) is 4.90 Å². The third-order valence-electron chi connectivity index (χ3n) is 4.08. The molecule has 166 valence electrons. The highest BCUT2D eigenvalue weighted by Gasteiger charge is 2.08. The standard InChI is InChI=1S/C19H32N8O2S/c1-26(2)13-5-11-20-17-23-18(21-12-6-14-27(3)4)25-19(24-17)22-15-7-9-16(10-8-15)30(28)29/h7-10H,5-6,11-14H2,1-4H3,(H,28,29)(H3,20,21,22,23,24,25). The highest BCUT2D eigenvalue weighted by atomic mass is 32.2. The van der Waals surface area contributed by atoms with Crippen LogP contribution in [0.4, 0.5) is 23.5 Å². The van der Waals surface area contributed by atoms with Crippen LogP contribution in [0.1, 0.15) is 12.8 Å². The van der Waals surface area contributed by atoms with E-state index in [0.717, 1.165) is 39.0 Å². The van der Waals surface area contributed by atoms with Gasteiger partial charge in [-0.25, -0.2) is 4.21 Å². The fourth-order valence-corrected chi connectivity index (χ4v) is 2.93. The van der Waals surface area contributed by atoms with Gasteiger partial charge in [0.1, 0.15) is 0 Å². The molecule has 0 saturated heterocycles. The maximum absolute atomic E-state index is 11.1. The monoisotopic (exact) mass is 436 g/mol. The largest absolute Gasteiger partial charge is 0.354 e. The lowest BCUT2D eigenvalue weighted by Gasteiger charge is -2.13. The Morgan fingerprint density at radius 1 is 0.833 bits per heavy atom. The van der Waals surface area contributed by atoms with Crippen LogP contribution in [-0.2, 0) is 11.1 Å². The second-order valence-electron chi connectivity index (χ2n) is 7.37. The van der Waals surface area contributed by atoms with Crippen molar-refractivity contribution in [3.63, 3.8) is 0 Å². The molecule has 0 amide bonds. The SMILES string of the molecule is CN(C)CCCNc1nc(NCCCN(C)C)nc(Nc2ccc(S(=O)O)cc2)n1. The summed E-state index contributed by atoms with van der Waals surface area (Å²) in [5.74, 6) is 1.39. The van der Waals surface area contributed by atoms with Gasteiger partial charge < -0.3 is 30.3 Å². The number of aromatic nitrogens is 3. The van der Waals surface area contributed by atoms with E-state index >= 15 is 0 Å². The molecule has 1 unspecified atom stereocenters. The summed E-state index contributed by atoms with van der Waals surface area (Å²) in [7, 11) is 8.16. The Bertz CT molecular complexity index is 767. The summed E-state index contributed by atoms with van der Waals surface area (Å²) in [6.07, 6.45) is 1.93. The van der Waals surface area contributed by atoms with Crippen LogP contribution in [0.15, 0.2) is 29.2 Å². The average Bonchev–Trinajstić information content (AvgIpc) is 2.69. The number of anilines is 4. The Morgan fingerprint density at radius 3 is 1.73 bits per heavy atom. The van der Waals surface area contributed by atoms with Crippen molar-refractivity contribution in [2.24, 2.45) is 0 Å². The maximum Gasteiger partial charge on any atom is 0.233 e. The van der Waals surface area contributed by atoms with Crippen molar-refractivity contribution in [1.82, 2.24) is 24.8 Å². The quantitative estimate of drug-likeness (QED) is 0.274. The summed E-state index contributed by atoms with van der Waals surface area (Å²) < 4.78 is 20.3. The van der Waals surface area contributed by atoms with Crippen LogP contribution in [0.3, 0.4) is 0 Å². The molecule has 10 nitrogen and oxygen atoms in total. The lowest BCUT2D eigenvalue weighted by molar-refractivity contribution is 0.405. The molecule has 30 heavy (non-hydrogen) atoms. The first-order valence-electron chi connectivity index (χ1n) is 9.84. The molecule has 0 bridgehead atoms. The van der Waals surface area contributed by atoms with Crippen LogP contribution in [0.25, 0.3) is 0 Å². The van der Waals surface area contributed by atoms with Crippen LogP contribution < -0.4 is 16.0 Å². The Hall–Kier alpha value is -2.34. The molecule has 1 aromatic heterocycles. The van der Waals surface area contributed by atoms with Gasteiger partial charge in [-0.3, -0.25) is 0 Å². The number of benzene rings is 1. The van der Waals surface area contributed by atoms with Crippen molar-refractivity contribution in [2.75, 3.05) is 70.3 Å². The second-order valence-corrected chi connectivity index (χ2v) is 8.34. The van der Waals surface area contributed by atoms with Crippen LogP contribution in [0, 0.1) is 0 Å². The lowest BCUT2D eigenvalue weighted by Crippen LogP contribution is -2.19. The van der Waals surface area contributed by atoms with E-state index in [0.29, 0.717) is 28.4 Å². The molecule has 1 aromatic carbocycles. The van der Waals surface area contributed by atoms with Gasteiger partial charge in [0.2, 0.25) is 17.8 Å². The molecule has 1 heterocycles. The first-order chi connectivity index (χ1) is 14.3. The molecule has 4 N–H and O–H groups in total. The molecule has 0 saturated carbocycles. The van der Waals surface area contributed by atoms with Crippen LogP contribution in [-0.4, -0.2) is 87.9 Å². The molecule has 11 heteroatoms. The predicted molar refractivity (Wildman–Crippen MR) is 122 cm³/mol. The highest BCUT2D eigenvalue weighted by Crippen LogP contribution is 2.17. The van der Waals surface area contributed by atoms with Crippen molar-refractivity contribution >= 4 is 34.6 Å². The first kappa shape index (κ1) is 23.9. The van der Waals surface area contributed by atoms with E-state index in [9.17, 15) is 4.21 Å². The van der Waals surface area contributed by atoms with Gasteiger partial charge in [-0.2, -0.15) is 15.0 Å². The fourth-order valence-electron chi connectivity index (χ4n) is 2.56. The van der Waals surface area contributed by atoms with Crippen molar-refractivity contribution in [3.05, 3.63) is 24.3 Å². The van der Waals surface area contributed by atoms with Crippen molar-refractivity contribution in [2.45, 2.75) is 17.7 Å². The van der Waals surface area contributed by atoms with E-state index in [1.807, 2.05) is 28.2 Å². The number of rotatable bonds is 13. The van der Waals surface area contributed by atoms with Crippen LogP contribution in [0.5, 0.6) is 0 Å². The molecule has 0 spiro atoms. The van der Waals surface area contributed by atoms with Gasteiger partial charge in [-0.15, -0.1) is 0 Å². The van der Waals surface area contributed by atoms with Gasteiger partial charge in [0.15, 0.2) is 11.1 Å². The van der Waals surface area contributed by atoms with E-state index in [2.05, 4.69) is 40.7 Å². The van der Waals surface area contributed by atoms with Gasteiger partial charge in [0.25, 0.3) is 0 Å². The van der Waals surface area contributed by atoms with Gasteiger partial charge >= 0.3 is 0 Å². The van der Waals surface area contributed by atoms with E-state index in [1.165, 1.54) is 0 Å². The smallest absolute Gasteiger partial charge is 0.233 e. The summed E-state index contributed by atoms with van der Waals surface area (Å²) in [6, 6.07) is 6.59. The summed E-state index contributed by atoms with van der Waals surface area (Å²) in [5.41, 5.74) is 0.715. The van der Waals surface area contributed by atoms with E-state index in [1.54, 1.807) is 24.3 Å². The second kappa shape index (κ2) is 12.4. The molecule has 0 radical (unpaired) electrons. The first-order valence-corrected chi connectivity index (χ1v) is 11.0. The van der Waals surface area contributed by atoms with Crippen molar-refractivity contribution < 1.29 is 8.76 Å². The normalized spacial score (nSPS) is 12.2. The third kappa shape index (κ3) is 8.99. The zero-order chi connectivity index (χ0) is 21.9. The predicted octanol–water partition coefficient (Wildman–Crippen LogP) is 1.92. The van der Waals surface area contributed by atoms with E-state index in [4.69, 9.17) is 4.55 Å². The molecule has 2 rings (SSSR count). The van der Waals surface area contributed by atoms with Crippen molar-refractivity contribution in [1.29, 1.82) is 0 Å². The molecular formula is C19H32N8O2S. The zero-order valence-corrected chi connectivity index (χ0v) is 18.9. The number of nitrogens with one attached hydrogen (secondary N) is 3. The summed E-state index contributed by atoms with van der Waals surface area (Å²) in [5, 5.41) is 9.63.